The van der Waals surface area contributed by atoms with E-state index in [1.165, 1.54) is 38.5 Å². The van der Waals surface area contributed by atoms with Crippen molar-refractivity contribution in [2.75, 3.05) is 26.4 Å². The Labute approximate surface area is 96.9 Å². The molecule has 0 radical (unpaired) electrons. The predicted molar refractivity (Wildman–Crippen MR) is 61.6 cm³/mol. The molecule has 0 aromatic heterocycles. The third-order valence-corrected chi connectivity index (χ3v) is 2.15. The fourth-order valence-corrected chi connectivity index (χ4v) is 1.37. The third-order valence-electron chi connectivity index (χ3n) is 2.15. The molecule has 2 rings (SSSR count). The second-order valence-corrected chi connectivity index (χ2v) is 3.68. The van der Waals surface area contributed by atoms with Gasteiger partial charge in [-0.25, -0.2) is 4.79 Å². The fraction of sp³-hybridized carbons (Fsp3) is 0.909. The van der Waals surface area contributed by atoms with E-state index in [2.05, 4.69) is 5.73 Å². The fourth-order valence-electron chi connectivity index (χ4n) is 1.37. The van der Waals surface area contributed by atoms with Crippen molar-refractivity contribution in [1.82, 2.24) is 0 Å². The molecule has 0 aromatic carbocycles. The largest absolute Gasteiger partial charge is 0.465 e. The molecule has 2 aliphatic rings. The topological polar surface area (TPSA) is 81.8 Å². The molecule has 3 N–H and O–H groups in total. The number of hydrogen-bond acceptors (Lipinski definition) is 3. The molecule has 2 aliphatic heterocycles. The smallest absolute Gasteiger partial charge is 0.402 e. The Morgan fingerprint density at radius 2 is 1.06 bits per heavy atom. The summed E-state index contributed by atoms with van der Waals surface area (Å²) >= 11 is 0. The van der Waals surface area contributed by atoms with Gasteiger partial charge in [0.25, 0.3) is 0 Å². The number of amides is 1. The van der Waals surface area contributed by atoms with Gasteiger partial charge in [-0.1, -0.05) is 0 Å². The molecule has 96 valence electrons. The Hall–Kier alpha value is -0.810. The highest BCUT2D eigenvalue weighted by molar-refractivity contribution is 5.61. The number of carboxylic acid groups (broad SMARTS) is 1. The van der Waals surface area contributed by atoms with Gasteiger partial charge in [0.05, 0.1) is 0 Å². The van der Waals surface area contributed by atoms with Gasteiger partial charge in [0, 0.05) is 26.4 Å². The van der Waals surface area contributed by atoms with Crippen LogP contribution in [-0.2, 0) is 9.47 Å². The molecule has 0 unspecified atom stereocenters. The van der Waals surface area contributed by atoms with E-state index < -0.39 is 6.09 Å². The van der Waals surface area contributed by atoms with Crippen LogP contribution in [0, 0.1) is 0 Å². The first-order valence-corrected chi connectivity index (χ1v) is 5.87. The van der Waals surface area contributed by atoms with Crippen molar-refractivity contribution in [1.29, 1.82) is 0 Å². The van der Waals surface area contributed by atoms with Gasteiger partial charge in [-0.15, -0.1) is 0 Å². The van der Waals surface area contributed by atoms with Gasteiger partial charge < -0.3 is 20.3 Å². The normalized spacial score (nSPS) is 19.5. The summed E-state index contributed by atoms with van der Waals surface area (Å²) in [5.74, 6) is 0. The highest BCUT2D eigenvalue weighted by Gasteiger charge is 1.95. The van der Waals surface area contributed by atoms with Crippen LogP contribution in [-0.4, -0.2) is 37.6 Å². The number of carbonyl (C=O) groups is 1. The Balaban J connectivity index is 0.000000217. The zero-order valence-electron chi connectivity index (χ0n) is 9.82. The second kappa shape index (κ2) is 12.3. The van der Waals surface area contributed by atoms with Crippen LogP contribution in [0.5, 0.6) is 0 Å². The molecular formula is C11H23NO4. The summed E-state index contributed by atoms with van der Waals surface area (Å²) in [6.07, 6.45) is 6.53. The molecule has 2 fully saturated rings. The third kappa shape index (κ3) is 15.7. The lowest BCUT2D eigenvalue weighted by Crippen LogP contribution is -2.03. The van der Waals surface area contributed by atoms with E-state index >= 15 is 0 Å². The van der Waals surface area contributed by atoms with Crippen molar-refractivity contribution in [3.8, 4) is 0 Å². The van der Waals surface area contributed by atoms with Crippen LogP contribution in [0.3, 0.4) is 0 Å². The van der Waals surface area contributed by atoms with Crippen LogP contribution in [0.25, 0.3) is 0 Å². The van der Waals surface area contributed by atoms with E-state index in [1.807, 2.05) is 0 Å². The van der Waals surface area contributed by atoms with Crippen molar-refractivity contribution in [2.45, 2.75) is 38.5 Å². The summed E-state index contributed by atoms with van der Waals surface area (Å²) in [6.45, 7) is 4.00. The molecule has 1 amide bonds. The lowest BCUT2D eigenvalue weighted by atomic mass is 10.2. The maximum atomic E-state index is 8.78. The van der Waals surface area contributed by atoms with E-state index in [4.69, 9.17) is 19.4 Å². The van der Waals surface area contributed by atoms with Gasteiger partial charge in [0.2, 0.25) is 0 Å². The van der Waals surface area contributed by atoms with Crippen LogP contribution in [0.15, 0.2) is 0 Å². The molecule has 5 heteroatoms. The van der Waals surface area contributed by atoms with Gasteiger partial charge in [-0.2, -0.15) is 0 Å². The van der Waals surface area contributed by atoms with Gasteiger partial charge in [0.1, 0.15) is 0 Å². The Bertz CT molecular complexity index is 117. The number of nitrogens with two attached hydrogens (primary N) is 1. The average Bonchev–Trinajstić information content (AvgIpc) is 2.34. The first-order valence-electron chi connectivity index (χ1n) is 5.87. The van der Waals surface area contributed by atoms with Crippen LogP contribution in [0.1, 0.15) is 38.5 Å². The van der Waals surface area contributed by atoms with E-state index in [0.29, 0.717) is 0 Å². The van der Waals surface area contributed by atoms with E-state index in [9.17, 15) is 0 Å². The first-order chi connectivity index (χ1) is 7.73. The van der Waals surface area contributed by atoms with Crippen molar-refractivity contribution in [2.24, 2.45) is 5.73 Å². The molecule has 5 nitrogen and oxygen atoms in total. The second-order valence-electron chi connectivity index (χ2n) is 3.68. The molecule has 0 bridgehead atoms. The molecule has 0 atom stereocenters. The number of rotatable bonds is 0. The molecule has 0 aliphatic carbocycles. The van der Waals surface area contributed by atoms with E-state index in [1.54, 1.807) is 0 Å². The zero-order valence-corrected chi connectivity index (χ0v) is 9.82. The molecule has 2 heterocycles. The van der Waals surface area contributed by atoms with Crippen molar-refractivity contribution < 1.29 is 19.4 Å². The van der Waals surface area contributed by atoms with Crippen LogP contribution in [0.2, 0.25) is 0 Å². The number of ether oxygens (including phenoxy) is 2. The van der Waals surface area contributed by atoms with Crippen molar-refractivity contribution in [3.05, 3.63) is 0 Å². The minimum atomic E-state index is -1.33. The van der Waals surface area contributed by atoms with Gasteiger partial charge in [-0.05, 0) is 38.5 Å². The highest BCUT2D eigenvalue weighted by Crippen LogP contribution is 2.02. The van der Waals surface area contributed by atoms with E-state index in [0.717, 1.165) is 26.4 Å². The Kier molecular flexibility index (Phi) is 11.6. The zero-order chi connectivity index (χ0) is 12.1. The highest BCUT2D eigenvalue weighted by atomic mass is 16.5. The lowest BCUT2D eigenvalue weighted by Gasteiger charge is -2.08. The van der Waals surface area contributed by atoms with Gasteiger partial charge in [-0.3, -0.25) is 0 Å². The molecule has 16 heavy (non-hydrogen) atoms. The van der Waals surface area contributed by atoms with Gasteiger partial charge in [0.15, 0.2) is 0 Å². The van der Waals surface area contributed by atoms with E-state index in [-0.39, 0.29) is 0 Å². The van der Waals surface area contributed by atoms with Crippen LogP contribution >= 0.6 is 0 Å². The Morgan fingerprint density at radius 3 is 1.12 bits per heavy atom. The minimum Gasteiger partial charge on any atom is -0.465 e. The average molecular weight is 233 g/mol. The molecule has 0 saturated carbocycles. The molecule has 0 spiro atoms. The van der Waals surface area contributed by atoms with Crippen LogP contribution in [0.4, 0.5) is 4.79 Å². The monoisotopic (exact) mass is 233 g/mol. The molecular weight excluding hydrogens is 210 g/mol. The molecule has 0 aromatic rings. The predicted octanol–water partition coefficient (Wildman–Crippen LogP) is 2.00. The summed E-state index contributed by atoms with van der Waals surface area (Å²) < 4.78 is 10.1. The summed E-state index contributed by atoms with van der Waals surface area (Å²) in [6, 6.07) is 0. The van der Waals surface area contributed by atoms with Crippen molar-refractivity contribution in [3.63, 3.8) is 0 Å². The SMILES string of the molecule is C1CCOCC1.C1CCOCC1.NC(=O)O. The van der Waals surface area contributed by atoms with Gasteiger partial charge >= 0.3 is 6.09 Å². The standard InChI is InChI=1S/2C5H10O.CH3NO2/c2*1-2-4-6-5-3-1;2-1(3)4/h2*1-5H2;2H2,(H,3,4). The first kappa shape index (κ1) is 15.2. The summed E-state index contributed by atoms with van der Waals surface area (Å²) in [7, 11) is 0. The molecule has 2 saturated heterocycles. The Morgan fingerprint density at radius 1 is 0.812 bits per heavy atom. The number of primary amides is 1. The summed E-state index contributed by atoms with van der Waals surface area (Å²) in [4.78, 5) is 8.78. The quantitative estimate of drug-likeness (QED) is 0.670. The lowest BCUT2D eigenvalue weighted by molar-refractivity contribution is 0.0967. The maximum Gasteiger partial charge on any atom is 0.402 e. The van der Waals surface area contributed by atoms with Crippen LogP contribution < -0.4 is 5.73 Å². The summed E-state index contributed by atoms with van der Waals surface area (Å²) in [5.41, 5.74) is 4.03. The summed E-state index contributed by atoms with van der Waals surface area (Å²) in [5, 5.41) is 7.19. The number of hydrogen-bond donors (Lipinski definition) is 2. The maximum absolute atomic E-state index is 8.78. The minimum absolute atomic E-state index is 1.00. The van der Waals surface area contributed by atoms with Crippen molar-refractivity contribution >= 4 is 6.09 Å².